The third kappa shape index (κ3) is 2.34. The Kier molecular flexibility index (Phi) is 3.00. The molecule has 0 atom stereocenters. The fourth-order valence-electron chi connectivity index (χ4n) is 1.75. The van der Waals surface area contributed by atoms with Crippen molar-refractivity contribution in [1.29, 1.82) is 0 Å². The van der Waals surface area contributed by atoms with E-state index in [1.165, 1.54) is 12.1 Å². The molecular formula is C13H8ClNO3S. The predicted octanol–water partition coefficient (Wildman–Crippen LogP) is 3.12. The van der Waals surface area contributed by atoms with Crippen molar-refractivity contribution in [3.8, 4) is 11.5 Å². The normalized spacial score (nSPS) is 11.3. The van der Waals surface area contributed by atoms with Gasteiger partial charge in [-0.25, -0.2) is 13.4 Å². The maximum Gasteiger partial charge on any atom is 0.227 e. The van der Waals surface area contributed by atoms with Crippen molar-refractivity contribution < 1.29 is 12.8 Å². The van der Waals surface area contributed by atoms with Crippen LogP contribution in [0.1, 0.15) is 0 Å². The van der Waals surface area contributed by atoms with Crippen LogP contribution in [-0.2, 0) is 10.7 Å². The third-order valence-corrected chi connectivity index (χ3v) is 3.62. The molecule has 0 radical (unpaired) electrons. The molecule has 0 saturated heterocycles. The predicted molar refractivity (Wildman–Crippen MR) is 73.0 cm³/mol. The Balaban J connectivity index is 2.13. The SMILES string of the molecule is O=[SH](=O)c1ccc2oc(-c3ccc(Cl)cc3)nc2c1. The van der Waals surface area contributed by atoms with E-state index in [4.69, 9.17) is 16.0 Å². The molecule has 4 nitrogen and oxygen atoms in total. The fourth-order valence-corrected chi connectivity index (χ4v) is 2.30. The van der Waals surface area contributed by atoms with Gasteiger partial charge in [-0.1, -0.05) is 11.6 Å². The molecule has 6 heteroatoms. The first-order chi connectivity index (χ1) is 9.13. The smallest absolute Gasteiger partial charge is 0.227 e. The highest BCUT2D eigenvalue weighted by molar-refractivity contribution is 7.72. The van der Waals surface area contributed by atoms with Crippen LogP contribution in [-0.4, -0.2) is 13.4 Å². The maximum absolute atomic E-state index is 10.9. The number of nitrogens with zero attached hydrogens (tertiary/aromatic N) is 1. The fraction of sp³-hybridized carbons (Fsp3) is 0. The van der Waals surface area contributed by atoms with Crippen LogP contribution in [0.15, 0.2) is 51.8 Å². The van der Waals surface area contributed by atoms with E-state index in [-0.39, 0.29) is 4.90 Å². The molecule has 0 aliphatic heterocycles. The summed E-state index contributed by atoms with van der Waals surface area (Å²) in [4.78, 5) is 4.50. The van der Waals surface area contributed by atoms with Crippen LogP contribution in [0.2, 0.25) is 5.02 Å². The van der Waals surface area contributed by atoms with Gasteiger partial charge in [0, 0.05) is 10.6 Å². The van der Waals surface area contributed by atoms with Gasteiger partial charge in [0.1, 0.15) is 5.52 Å². The lowest BCUT2D eigenvalue weighted by molar-refractivity contribution is 0.614. The standard InChI is InChI=1S/C13H8ClNO3S/c14-9-3-1-8(2-4-9)13-15-11-7-10(19(16)17)5-6-12(11)18-13/h1-7,19H. The van der Waals surface area contributed by atoms with Crippen molar-refractivity contribution >= 4 is 33.4 Å². The number of fused-ring (bicyclic) bond motifs is 1. The molecule has 1 aromatic heterocycles. The summed E-state index contributed by atoms with van der Waals surface area (Å²) in [6.07, 6.45) is 0. The molecule has 0 spiro atoms. The Morgan fingerprint density at radius 2 is 1.79 bits per heavy atom. The Bertz CT molecular complexity index is 814. The summed E-state index contributed by atoms with van der Waals surface area (Å²) in [5.41, 5.74) is 1.85. The number of thiol groups is 1. The summed E-state index contributed by atoms with van der Waals surface area (Å²) in [7, 11) is -2.62. The van der Waals surface area contributed by atoms with Crippen LogP contribution in [0, 0.1) is 0 Å². The highest BCUT2D eigenvalue weighted by atomic mass is 35.5. The van der Waals surface area contributed by atoms with Gasteiger partial charge in [0.15, 0.2) is 16.3 Å². The van der Waals surface area contributed by atoms with Gasteiger partial charge in [0.2, 0.25) is 5.89 Å². The highest BCUT2D eigenvalue weighted by Gasteiger charge is 2.09. The molecule has 0 amide bonds. The van der Waals surface area contributed by atoms with Crippen molar-refractivity contribution in [1.82, 2.24) is 4.98 Å². The number of hydrogen-bond donors (Lipinski definition) is 1. The maximum atomic E-state index is 10.9. The monoisotopic (exact) mass is 293 g/mol. The van der Waals surface area contributed by atoms with Crippen molar-refractivity contribution in [2.75, 3.05) is 0 Å². The van der Waals surface area contributed by atoms with Crippen molar-refractivity contribution in [3.63, 3.8) is 0 Å². The quantitative estimate of drug-likeness (QED) is 0.738. The molecule has 0 bridgehead atoms. The zero-order chi connectivity index (χ0) is 13.4. The molecule has 0 unspecified atom stereocenters. The lowest BCUT2D eigenvalue weighted by atomic mass is 10.2. The molecule has 19 heavy (non-hydrogen) atoms. The molecule has 1 heterocycles. The number of rotatable bonds is 2. The number of hydrogen-bond acceptors (Lipinski definition) is 4. The van der Waals surface area contributed by atoms with Gasteiger partial charge in [-0.15, -0.1) is 0 Å². The minimum Gasteiger partial charge on any atom is -0.436 e. The van der Waals surface area contributed by atoms with Gasteiger partial charge >= 0.3 is 0 Å². The van der Waals surface area contributed by atoms with Crippen LogP contribution >= 0.6 is 11.6 Å². The van der Waals surface area contributed by atoms with Crippen LogP contribution in [0.25, 0.3) is 22.6 Å². The molecule has 0 N–H and O–H groups in total. The van der Waals surface area contributed by atoms with Gasteiger partial charge in [-0.3, -0.25) is 0 Å². The number of oxazole rings is 1. The molecule has 0 aliphatic carbocycles. The van der Waals surface area contributed by atoms with E-state index < -0.39 is 10.7 Å². The number of aromatic nitrogens is 1. The summed E-state index contributed by atoms with van der Waals surface area (Å²) in [5, 5.41) is 0.630. The first-order valence-corrected chi connectivity index (χ1v) is 7.00. The summed E-state index contributed by atoms with van der Waals surface area (Å²) in [6, 6.07) is 11.7. The van der Waals surface area contributed by atoms with E-state index in [1.807, 2.05) is 0 Å². The lowest BCUT2D eigenvalue weighted by Crippen LogP contribution is -1.79. The molecule has 3 rings (SSSR count). The molecule has 3 aromatic rings. The largest absolute Gasteiger partial charge is 0.436 e. The second-order valence-corrected chi connectivity index (χ2v) is 5.40. The minimum atomic E-state index is -2.62. The van der Waals surface area contributed by atoms with Gasteiger partial charge in [-0.2, -0.15) is 0 Å². The summed E-state index contributed by atoms with van der Waals surface area (Å²) in [6.45, 7) is 0. The van der Waals surface area contributed by atoms with E-state index in [9.17, 15) is 8.42 Å². The average Bonchev–Trinajstić information content (AvgIpc) is 2.82. The Morgan fingerprint density at radius 3 is 2.47 bits per heavy atom. The average molecular weight is 294 g/mol. The van der Waals surface area contributed by atoms with Gasteiger partial charge in [0.25, 0.3) is 0 Å². The summed E-state index contributed by atoms with van der Waals surface area (Å²) < 4.78 is 27.4. The van der Waals surface area contributed by atoms with E-state index in [1.54, 1.807) is 30.3 Å². The van der Waals surface area contributed by atoms with Gasteiger partial charge < -0.3 is 4.42 Å². The molecule has 96 valence electrons. The second kappa shape index (κ2) is 4.68. The number of benzene rings is 2. The topological polar surface area (TPSA) is 60.2 Å². The van der Waals surface area contributed by atoms with Crippen LogP contribution in [0.3, 0.4) is 0 Å². The summed E-state index contributed by atoms with van der Waals surface area (Å²) >= 11 is 5.82. The van der Waals surface area contributed by atoms with Crippen LogP contribution in [0.4, 0.5) is 0 Å². The molecular weight excluding hydrogens is 286 g/mol. The van der Waals surface area contributed by atoms with E-state index in [2.05, 4.69) is 4.98 Å². The van der Waals surface area contributed by atoms with E-state index >= 15 is 0 Å². The Labute approximate surface area is 115 Å². The highest BCUT2D eigenvalue weighted by Crippen LogP contribution is 2.26. The van der Waals surface area contributed by atoms with Crippen molar-refractivity contribution in [2.45, 2.75) is 4.90 Å². The number of halogens is 1. The first-order valence-electron chi connectivity index (χ1n) is 5.44. The third-order valence-electron chi connectivity index (χ3n) is 2.67. The minimum absolute atomic E-state index is 0.221. The van der Waals surface area contributed by atoms with Crippen LogP contribution in [0.5, 0.6) is 0 Å². The van der Waals surface area contributed by atoms with Crippen molar-refractivity contribution in [3.05, 3.63) is 47.5 Å². The zero-order valence-corrected chi connectivity index (χ0v) is 11.2. The molecule has 0 aliphatic rings. The van der Waals surface area contributed by atoms with Gasteiger partial charge in [-0.05, 0) is 42.5 Å². The second-order valence-electron chi connectivity index (χ2n) is 3.94. The lowest BCUT2D eigenvalue weighted by Gasteiger charge is -1.94. The summed E-state index contributed by atoms with van der Waals surface area (Å²) in [5.74, 6) is 0.435. The molecule has 0 fully saturated rings. The Morgan fingerprint density at radius 1 is 1.05 bits per heavy atom. The first kappa shape index (κ1) is 12.2. The molecule has 2 aromatic carbocycles. The van der Waals surface area contributed by atoms with Crippen molar-refractivity contribution in [2.24, 2.45) is 0 Å². The molecule has 0 saturated carbocycles. The van der Waals surface area contributed by atoms with Gasteiger partial charge in [0.05, 0.1) is 4.90 Å². The van der Waals surface area contributed by atoms with E-state index in [0.717, 1.165) is 5.56 Å². The van der Waals surface area contributed by atoms with Crippen LogP contribution < -0.4 is 0 Å². The Hall–Kier alpha value is -1.85. The van der Waals surface area contributed by atoms with E-state index in [0.29, 0.717) is 22.0 Å². The zero-order valence-electron chi connectivity index (χ0n) is 9.54.